The van der Waals surface area contributed by atoms with Gasteiger partial charge < -0.3 is 25.4 Å². The maximum Gasteiger partial charge on any atom is 0.408 e. The van der Waals surface area contributed by atoms with Gasteiger partial charge in [0.25, 0.3) is 0 Å². The van der Waals surface area contributed by atoms with E-state index in [4.69, 9.17) is 4.74 Å². The largest absolute Gasteiger partial charge is 0.444 e. The van der Waals surface area contributed by atoms with Gasteiger partial charge in [0.1, 0.15) is 17.7 Å². The summed E-state index contributed by atoms with van der Waals surface area (Å²) in [5, 5.41) is 15.4. The fourth-order valence-corrected chi connectivity index (χ4v) is 3.94. The number of benzene rings is 2. The molecule has 1 saturated carbocycles. The second kappa shape index (κ2) is 11.6. The van der Waals surface area contributed by atoms with Gasteiger partial charge in [-0.25, -0.2) is 4.79 Å². The number of alkyl carbamates (subject to hydrolysis) is 1. The molecule has 1 fully saturated rings. The lowest BCUT2D eigenvalue weighted by atomic mass is 9.98. The van der Waals surface area contributed by atoms with Crippen LogP contribution in [-0.4, -0.2) is 52.2 Å². The lowest BCUT2D eigenvalue weighted by Gasteiger charge is -2.34. The molecule has 0 saturated heterocycles. The predicted octanol–water partition coefficient (Wildman–Crippen LogP) is 3.54. The Morgan fingerprint density at radius 3 is 2.28 bits per heavy atom. The van der Waals surface area contributed by atoms with Crippen molar-refractivity contribution < 1.29 is 24.2 Å². The maximum atomic E-state index is 13.7. The first-order chi connectivity index (χ1) is 17.0. The third kappa shape index (κ3) is 7.31. The standard InChI is InChI=1S/C28H37N3O5/c1-18-11-12-21(15-19(18)2)24(25(33)29-16-20-9-7-6-8-10-20)31(22-13-14-22)26(34)23(17-32)30-27(35)36-28(3,4)5/h6-12,15,22-24,32H,13-14,16-17H2,1-5H3,(H,29,33)(H,30,35). The molecule has 0 heterocycles. The number of carbonyl (C=O) groups is 3. The van der Waals surface area contributed by atoms with Crippen molar-refractivity contribution in [1.29, 1.82) is 0 Å². The summed E-state index contributed by atoms with van der Waals surface area (Å²) in [5.74, 6) is -0.847. The normalized spacial score (nSPS) is 14.9. The van der Waals surface area contributed by atoms with Gasteiger partial charge >= 0.3 is 6.09 Å². The zero-order valence-corrected chi connectivity index (χ0v) is 21.7. The van der Waals surface area contributed by atoms with Crippen LogP contribution in [0.15, 0.2) is 48.5 Å². The Bertz CT molecular complexity index is 1080. The third-order valence-corrected chi connectivity index (χ3v) is 6.05. The number of aliphatic hydroxyl groups is 1. The van der Waals surface area contributed by atoms with Gasteiger partial charge in [-0.05, 0) is 69.7 Å². The average molecular weight is 496 g/mol. The summed E-state index contributed by atoms with van der Waals surface area (Å²) in [6.07, 6.45) is 0.676. The van der Waals surface area contributed by atoms with Crippen LogP contribution in [-0.2, 0) is 20.9 Å². The molecule has 1 aliphatic carbocycles. The minimum absolute atomic E-state index is 0.166. The van der Waals surface area contributed by atoms with Crippen LogP contribution in [0.3, 0.4) is 0 Å². The molecule has 0 spiro atoms. The molecular weight excluding hydrogens is 458 g/mol. The van der Waals surface area contributed by atoms with Gasteiger partial charge in [-0.15, -0.1) is 0 Å². The second-order valence-electron chi connectivity index (χ2n) is 10.3. The first-order valence-electron chi connectivity index (χ1n) is 12.3. The molecule has 2 unspecified atom stereocenters. The number of ether oxygens (including phenoxy) is 1. The monoisotopic (exact) mass is 495 g/mol. The van der Waals surface area contributed by atoms with E-state index in [0.717, 1.165) is 29.5 Å². The molecule has 0 aliphatic heterocycles. The van der Waals surface area contributed by atoms with E-state index in [1.165, 1.54) is 4.90 Å². The highest BCUT2D eigenvalue weighted by atomic mass is 16.6. The van der Waals surface area contributed by atoms with Crippen molar-refractivity contribution >= 4 is 17.9 Å². The van der Waals surface area contributed by atoms with E-state index < -0.39 is 36.3 Å². The quantitative estimate of drug-likeness (QED) is 0.493. The van der Waals surface area contributed by atoms with Crippen molar-refractivity contribution in [2.45, 2.75) is 77.7 Å². The van der Waals surface area contributed by atoms with Gasteiger partial charge in [0.15, 0.2) is 0 Å². The van der Waals surface area contributed by atoms with Crippen LogP contribution in [0, 0.1) is 13.8 Å². The van der Waals surface area contributed by atoms with Crippen LogP contribution in [0.4, 0.5) is 4.79 Å². The van der Waals surface area contributed by atoms with Crippen LogP contribution in [0.5, 0.6) is 0 Å². The summed E-state index contributed by atoms with van der Waals surface area (Å²) in [6, 6.07) is 12.9. The van der Waals surface area contributed by atoms with E-state index >= 15 is 0 Å². The summed E-state index contributed by atoms with van der Waals surface area (Å²) < 4.78 is 5.27. The molecule has 0 bridgehead atoms. The molecule has 194 valence electrons. The minimum Gasteiger partial charge on any atom is -0.444 e. The van der Waals surface area contributed by atoms with Crippen LogP contribution in [0.25, 0.3) is 0 Å². The summed E-state index contributed by atoms with van der Waals surface area (Å²) >= 11 is 0. The SMILES string of the molecule is Cc1ccc(C(C(=O)NCc2ccccc2)N(C(=O)C(CO)NC(=O)OC(C)(C)C)C2CC2)cc1C. The number of nitrogens with one attached hydrogen (secondary N) is 2. The summed E-state index contributed by atoms with van der Waals surface area (Å²) in [7, 11) is 0. The van der Waals surface area contributed by atoms with E-state index in [1.54, 1.807) is 20.8 Å². The second-order valence-corrected chi connectivity index (χ2v) is 10.3. The highest BCUT2D eigenvalue weighted by Crippen LogP contribution is 2.36. The molecular formula is C28H37N3O5. The van der Waals surface area contributed by atoms with Crippen molar-refractivity contribution in [1.82, 2.24) is 15.5 Å². The maximum absolute atomic E-state index is 13.7. The number of aliphatic hydroxyl groups excluding tert-OH is 1. The number of aryl methyl sites for hydroxylation is 2. The Balaban J connectivity index is 1.91. The van der Waals surface area contributed by atoms with Crippen LogP contribution in [0.2, 0.25) is 0 Å². The molecule has 3 amide bonds. The molecule has 8 heteroatoms. The zero-order chi connectivity index (χ0) is 26.5. The van der Waals surface area contributed by atoms with Gasteiger partial charge in [0.2, 0.25) is 11.8 Å². The number of nitrogens with zero attached hydrogens (tertiary/aromatic N) is 1. The predicted molar refractivity (Wildman–Crippen MR) is 137 cm³/mol. The Kier molecular flexibility index (Phi) is 8.74. The van der Waals surface area contributed by atoms with Crippen molar-refractivity contribution in [3.05, 3.63) is 70.8 Å². The number of hydrogen-bond donors (Lipinski definition) is 3. The summed E-state index contributed by atoms with van der Waals surface area (Å²) in [4.78, 5) is 41.2. The van der Waals surface area contributed by atoms with Gasteiger partial charge in [0, 0.05) is 12.6 Å². The highest BCUT2D eigenvalue weighted by Gasteiger charge is 2.44. The molecule has 3 rings (SSSR count). The average Bonchev–Trinajstić information content (AvgIpc) is 3.65. The number of hydrogen-bond acceptors (Lipinski definition) is 5. The van der Waals surface area contributed by atoms with Gasteiger partial charge in [-0.1, -0.05) is 48.5 Å². The molecule has 0 radical (unpaired) electrons. The summed E-state index contributed by atoms with van der Waals surface area (Å²) in [6.45, 7) is 8.78. The highest BCUT2D eigenvalue weighted by molar-refractivity contribution is 5.92. The van der Waals surface area contributed by atoms with Gasteiger partial charge in [-0.3, -0.25) is 9.59 Å². The van der Waals surface area contributed by atoms with E-state index in [1.807, 2.05) is 62.4 Å². The molecule has 2 atom stereocenters. The van der Waals surface area contributed by atoms with E-state index in [0.29, 0.717) is 12.1 Å². The first kappa shape index (κ1) is 27.2. The molecule has 1 aliphatic rings. The lowest BCUT2D eigenvalue weighted by molar-refractivity contribution is -0.144. The molecule has 2 aromatic rings. The zero-order valence-electron chi connectivity index (χ0n) is 21.7. The smallest absolute Gasteiger partial charge is 0.408 e. The minimum atomic E-state index is -1.24. The molecule has 36 heavy (non-hydrogen) atoms. The van der Waals surface area contributed by atoms with E-state index in [2.05, 4.69) is 10.6 Å². The fraction of sp³-hybridized carbons (Fsp3) is 0.464. The number of rotatable bonds is 9. The molecule has 2 aromatic carbocycles. The molecule has 8 nitrogen and oxygen atoms in total. The van der Waals surface area contributed by atoms with E-state index in [-0.39, 0.29) is 11.9 Å². The Morgan fingerprint density at radius 1 is 1.06 bits per heavy atom. The molecule has 0 aromatic heterocycles. The Labute approximate surface area is 213 Å². The lowest BCUT2D eigenvalue weighted by Crippen LogP contribution is -2.55. The summed E-state index contributed by atoms with van der Waals surface area (Å²) in [5.41, 5.74) is 2.93. The van der Waals surface area contributed by atoms with Crippen molar-refractivity contribution in [2.24, 2.45) is 0 Å². The Morgan fingerprint density at radius 2 is 1.72 bits per heavy atom. The van der Waals surface area contributed by atoms with Crippen molar-refractivity contribution in [3.63, 3.8) is 0 Å². The Hall–Kier alpha value is -3.39. The van der Waals surface area contributed by atoms with E-state index in [9.17, 15) is 19.5 Å². The van der Waals surface area contributed by atoms with Crippen LogP contribution in [0.1, 0.15) is 61.9 Å². The first-order valence-corrected chi connectivity index (χ1v) is 12.3. The number of amides is 3. The van der Waals surface area contributed by atoms with Gasteiger partial charge in [-0.2, -0.15) is 0 Å². The van der Waals surface area contributed by atoms with Gasteiger partial charge in [0.05, 0.1) is 6.61 Å². The van der Waals surface area contributed by atoms with Crippen LogP contribution >= 0.6 is 0 Å². The molecule has 3 N–H and O–H groups in total. The van der Waals surface area contributed by atoms with Crippen LogP contribution < -0.4 is 10.6 Å². The third-order valence-electron chi connectivity index (χ3n) is 6.05. The fourth-order valence-electron chi connectivity index (χ4n) is 3.94. The topological polar surface area (TPSA) is 108 Å². The van der Waals surface area contributed by atoms with Crippen molar-refractivity contribution in [2.75, 3.05) is 6.61 Å². The number of carbonyl (C=O) groups excluding carboxylic acids is 3. The van der Waals surface area contributed by atoms with Crippen molar-refractivity contribution in [3.8, 4) is 0 Å².